The predicted octanol–water partition coefficient (Wildman–Crippen LogP) is 2.63. The summed E-state index contributed by atoms with van der Waals surface area (Å²) >= 11 is 0. The summed E-state index contributed by atoms with van der Waals surface area (Å²) < 4.78 is 7.66. The van der Waals surface area contributed by atoms with Gasteiger partial charge < -0.3 is 15.0 Å². The van der Waals surface area contributed by atoms with Crippen LogP contribution in [0.5, 0.6) is 0 Å². The first kappa shape index (κ1) is 21.0. The lowest BCUT2D eigenvalue weighted by molar-refractivity contribution is -0.0246. The van der Waals surface area contributed by atoms with Crippen LogP contribution in [0.2, 0.25) is 0 Å². The Balaban J connectivity index is 1.65. The van der Waals surface area contributed by atoms with E-state index in [9.17, 15) is 9.59 Å². The number of benzene rings is 1. The van der Waals surface area contributed by atoms with Gasteiger partial charge in [-0.25, -0.2) is 4.98 Å². The summed E-state index contributed by atoms with van der Waals surface area (Å²) in [4.78, 5) is 32.4. The van der Waals surface area contributed by atoms with Crippen molar-refractivity contribution in [3.05, 3.63) is 59.0 Å². The normalized spacial score (nSPS) is 16.7. The molecule has 0 unspecified atom stereocenters. The molecule has 8 heteroatoms. The van der Waals surface area contributed by atoms with Crippen LogP contribution in [0, 0.1) is 6.92 Å². The van der Waals surface area contributed by atoms with Gasteiger partial charge in [-0.15, -0.1) is 0 Å². The molecule has 0 saturated carbocycles. The van der Waals surface area contributed by atoms with Crippen molar-refractivity contribution < 1.29 is 14.3 Å². The molecule has 1 atom stereocenters. The summed E-state index contributed by atoms with van der Waals surface area (Å²) in [6, 6.07) is 9.37. The molecule has 31 heavy (non-hydrogen) atoms. The van der Waals surface area contributed by atoms with E-state index in [2.05, 4.69) is 10.4 Å². The van der Waals surface area contributed by atoms with Crippen LogP contribution in [0.25, 0.3) is 10.9 Å². The van der Waals surface area contributed by atoms with Gasteiger partial charge in [0.05, 0.1) is 41.7 Å². The maximum atomic E-state index is 13.1. The van der Waals surface area contributed by atoms with Crippen molar-refractivity contribution in [2.45, 2.75) is 32.9 Å². The number of carbonyl (C=O) groups is 2. The molecule has 3 heterocycles. The van der Waals surface area contributed by atoms with E-state index in [0.29, 0.717) is 36.5 Å². The molecule has 0 bridgehead atoms. The second-order valence-electron chi connectivity index (χ2n) is 8.12. The summed E-state index contributed by atoms with van der Waals surface area (Å²) in [5.41, 5.74) is 3.35. The number of nitrogens with one attached hydrogen (secondary N) is 1. The van der Waals surface area contributed by atoms with Crippen molar-refractivity contribution in [3.63, 3.8) is 0 Å². The van der Waals surface area contributed by atoms with Gasteiger partial charge in [0.2, 0.25) is 0 Å². The fourth-order valence-electron chi connectivity index (χ4n) is 3.78. The van der Waals surface area contributed by atoms with Gasteiger partial charge in [0, 0.05) is 30.7 Å². The Morgan fingerprint density at radius 2 is 2.00 bits per heavy atom. The molecule has 162 valence electrons. The van der Waals surface area contributed by atoms with Gasteiger partial charge in [0.15, 0.2) is 0 Å². The first-order chi connectivity index (χ1) is 14.8. The number of hydrogen-bond acceptors (Lipinski definition) is 5. The summed E-state index contributed by atoms with van der Waals surface area (Å²) in [6.45, 7) is 6.99. The smallest absolute Gasteiger partial charge is 0.257 e. The Hall–Kier alpha value is -3.26. The third-order valence-electron chi connectivity index (χ3n) is 5.55. The number of fused-ring (bicyclic) bond motifs is 1. The number of nitrogens with zero attached hydrogens (tertiary/aromatic N) is 4. The summed E-state index contributed by atoms with van der Waals surface area (Å²) in [5.74, 6) is -0.220. The Bertz CT molecular complexity index is 1140. The van der Waals surface area contributed by atoms with Gasteiger partial charge >= 0.3 is 0 Å². The number of carbonyl (C=O) groups excluding carboxylic acids is 2. The van der Waals surface area contributed by atoms with Crippen LogP contribution in [-0.4, -0.2) is 57.2 Å². The highest BCUT2D eigenvalue weighted by Crippen LogP contribution is 2.27. The van der Waals surface area contributed by atoms with E-state index in [1.54, 1.807) is 21.8 Å². The second kappa shape index (κ2) is 8.47. The van der Waals surface area contributed by atoms with Gasteiger partial charge in [0.25, 0.3) is 11.8 Å². The molecule has 0 spiro atoms. The zero-order valence-electron chi connectivity index (χ0n) is 18.3. The zero-order chi connectivity index (χ0) is 22.1. The number of aromatic nitrogens is 3. The lowest BCUT2D eigenvalue weighted by Crippen LogP contribution is -2.42. The van der Waals surface area contributed by atoms with Gasteiger partial charge in [-0.3, -0.25) is 14.3 Å². The third kappa shape index (κ3) is 4.16. The highest BCUT2D eigenvalue weighted by Gasteiger charge is 2.29. The van der Waals surface area contributed by atoms with Crippen LogP contribution >= 0.6 is 0 Å². The van der Waals surface area contributed by atoms with Crippen molar-refractivity contribution in [2.75, 3.05) is 19.7 Å². The van der Waals surface area contributed by atoms with Crippen LogP contribution in [0.3, 0.4) is 0 Å². The molecule has 2 amide bonds. The number of amides is 2. The molecule has 0 aliphatic carbocycles. The van der Waals surface area contributed by atoms with Crippen molar-refractivity contribution in [2.24, 2.45) is 7.05 Å². The highest BCUT2D eigenvalue weighted by atomic mass is 16.5. The SMILES string of the molecule is Cc1c(C(=O)N2CCO[C@H](c3cc(C(=O)NC(C)C)c4ccccc4n3)C2)cnn1C. The van der Waals surface area contributed by atoms with E-state index >= 15 is 0 Å². The van der Waals surface area contributed by atoms with Gasteiger partial charge in [-0.2, -0.15) is 5.10 Å². The molecule has 1 N–H and O–H groups in total. The van der Waals surface area contributed by atoms with Crippen LogP contribution in [0.4, 0.5) is 0 Å². The molecule has 1 aliphatic heterocycles. The summed E-state index contributed by atoms with van der Waals surface area (Å²) in [5, 5.41) is 7.93. The zero-order valence-corrected chi connectivity index (χ0v) is 18.3. The molecule has 1 saturated heterocycles. The number of aryl methyl sites for hydroxylation is 1. The van der Waals surface area contributed by atoms with Gasteiger partial charge in [-0.05, 0) is 32.9 Å². The van der Waals surface area contributed by atoms with Crippen LogP contribution < -0.4 is 5.32 Å². The maximum absolute atomic E-state index is 13.1. The largest absolute Gasteiger partial charge is 0.368 e. The first-order valence-corrected chi connectivity index (χ1v) is 10.4. The van der Waals surface area contributed by atoms with E-state index < -0.39 is 6.10 Å². The predicted molar refractivity (Wildman–Crippen MR) is 117 cm³/mol. The molecule has 1 aromatic carbocycles. The molecular formula is C23H27N5O3. The minimum atomic E-state index is -0.412. The average Bonchev–Trinajstić information content (AvgIpc) is 3.10. The molecule has 1 aliphatic rings. The lowest BCUT2D eigenvalue weighted by atomic mass is 10.0. The van der Waals surface area contributed by atoms with Crippen molar-refractivity contribution in [1.29, 1.82) is 0 Å². The molecule has 8 nitrogen and oxygen atoms in total. The van der Waals surface area contributed by atoms with Crippen LogP contribution in [-0.2, 0) is 11.8 Å². The van der Waals surface area contributed by atoms with E-state index in [-0.39, 0.29) is 17.9 Å². The van der Waals surface area contributed by atoms with E-state index in [1.807, 2.05) is 52.1 Å². The Morgan fingerprint density at radius 1 is 1.23 bits per heavy atom. The first-order valence-electron chi connectivity index (χ1n) is 10.4. The van der Waals surface area contributed by atoms with Gasteiger partial charge in [0.1, 0.15) is 6.10 Å². The van der Waals surface area contributed by atoms with E-state index in [1.165, 1.54) is 0 Å². The van der Waals surface area contributed by atoms with E-state index in [0.717, 1.165) is 16.6 Å². The van der Waals surface area contributed by atoms with Crippen molar-refractivity contribution >= 4 is 22.7 Å². The molecular weight excluding hydrogens is 394 g/mol. The quantitative estimate of drug-likeness (QED) is 0.700. The third-order valence-corrected chi connectivity index (χ3v) is 5.55. The van der Waals surface area contributed by atoms with Crippen molar-refractivity contribution in [1.82, 2.24) is 25.0 Å². The topological polar surface area (TPSA) is 89.3 Å². The van der Waals surface area contributed by atoms with Crippen LogP contribution in [0.1, 0.15) is 52.1 Å². The minimum Gasteiger partial charge on any atom is -0.368 e. The molecule has 4 rings (SSSR count). The fraction of sp³-hybridized carbons (Fsp3) is 0.391. The number of hydrogen-bond donors (Lipinski definition) is 1. The number of morpholine rings is 1. The van der Waals surface area contributed by atoms with Crippen LogP contribution in [0.15, 0.2) is 36.5 Å². The maximum Gasteiger partial charge on any atom is 0.257 e. The number of rotatable bonds is 4. The van der Waals surface area contributed by atoms with E-state index in [4.69, 9.17) is 9.72 Å². The Labute approximate surface area is 181 Å². The highest BCUT2D eigenvalue weighted by molar-refractivity contribution is 6.06. The molecule has 2 aromatic heterocycles. The average molecular weight is 422 g/mol. The lowest BCUT2D eigenvalue weighted by Gasteiger charge is -2.33. The number of ether oxygens (including phenoxy) is 1. The van der Waals surface area contributed by atoms with Crippen molar-refractivity contribution in [3.8, 4) is 0 Å². The standard InChI is InChI=1S/C23H27N5O3/c1-14(2)25-22(29)17-11-20(26-19-8-6-5-7-16(17)19)21-13-28(9-10-31-21)23(30)18-12-24-27(4)15(18)3/h5-8,11-12,14,21H,9-10,13H2,1-4H3,(H,25,29)/t21-/m0/s1. The minimum absolute atomic E-state index is 0.0182. The Kier molecular flexibility index (Phi) is 5.73. The molecule has 0 radical (unpaired) electrons. The monoisotopic (exact) mass is 421 g/mol. The molecule has 3 aromatic rings. The number of para-hydroxylation sites is 1. The second-order valence-corrected chi connectivity index (χ2v) is 8.12. The fourth-order valence-corrected chi connectivity index (χ4v) is 3.78. The summed E-state index contributed by atoms with van der Waals surface area (Å²) in [6.07, 6.45) is 1.19. The summed E-state index contributed by atoms with van der Waals surface area (Å²) in [7, 11) is 1.82. The molecule has 1 fully saturated rings. The van der Waals surface area contributed by atoms with Gasteiger partial charge in [-0.1, -0.05) is 18.2 Å². The Morgan fingerprint density at radius 3 is 2.71 bits per heavy atom. The number of pyridine rings is 1.